The summed E-state index contributed by atoms with van der Waals surface area (Å²) in [6, 6.07) is 25.7. The third-order valence-corrected chi connectivity index (χ3v) is 7.65. The van der Waals surface area contributed by atoms with Crippen LogP contribution in [0.3, 0.4) is 0 Å². The molecule has 0 aliphatic carbocycles. The van der Waals surface area contributed by atoms with Crippen LogP contribution in [0.5, 0.6) is 0 Å². The van der Waals surface area contributed by atoms with Crippen LogP contribution in [0.2, 0.25) is 0 Å². The van der Waals surface area contributed by atoms with Gasteiger partial charge in [0.05, 0.1) is 25.4 Å². The molecule has 3 aromatic rings. The van der Waals surface area contributed by atoms with Gasteiger partial charge in [0.15, 0.2) is 6.29 Å². The lowest BCUT2D eigenvalue weighted by atomic mass is 9.99. The van der Waals surface area contributed by atoms with Crippen molar-refractivity contribution >= 4 is 5.91 Å². The Hall–Kier alpha value is -3.07. The quantitative estimate of drug-likeness (QED) is 0.393. The van der Waals surface area contributed by atoms with Gasteiger partial charge in [0.25, 0.3) is 5.91 Å². The number of rotatable bonds is 10. The highest BCUT2D eigenvalue weighted by atomic mass is 16.7. The van der Waals surface area contributed by atoms with Crippen molar-refractivity contribution in [3.05, 3.63) is 107 Å². The van der Waals surface area contributed by atoms with E-state index in [0.29, 0.717) is 18.2 Å². The van der Waals surface area contributed by atoms with Gasteiger partial charge in [0.2, 0.25) is 0 Å². The maximum absolute atomic E-state index is 12.4. The first kappa shape index (κ1) is 27.5. The second kappa shape index (κ2) is 13.3. The molecule has 0 aromatic heterocycles. The summed E-state index contributed by atoms with van der Waals surface area (Å²) >= 11 is 0. The molecule has 2 fully saturated rings. The first-order chi connectivity index (χ1) is 19.1. The lowest BCUT2D eigenvalue weighted by Gasteiger charge is -2.38. The molecule has 4 atom stereocenters. The van der Waals surface area contributed by atoms with Crippen molar-refractivity contribution in [1.29, 1.82) is 0 Å². The van der Waals surface area contributed by atoms with Crippen LogP contribution in [-0.4, -0.2) is 54.9 Å². The lowest BCUT2D eigenvalue weighted by Crippen LogP contribution is -2.42. The Morgan fingerprint density at radius 3 is 2.41 bits per heavy atom. The predicted molar refractivity (Wildman–Crippen MR) is 149 cm³/mol. The van der Waals surface area contributed by atoms with E-state index in [4.69, 9.17) is 14.2 Å². The van der Waals surface area contributed by atoms with Gasteiger partial charge in [-0.2, -0.15) is 0 Å². The number of aliphatic hydroxyl groups excluding tert-OH is 1. The van der Waals surface area contributed by atoms with Gasteiger partial charge in [-0.25, -0.2) is 0 Å². The van der Waals surface area contributed by atoms with E-state index in [1.54, 1.807) is 19.2 Å². The van der Waals surface area contributed by atoms with Gasteiger partial charge in [-0.1, -0.05) is 66.7 Å². The van der Waals surface area contributed by atoms with Crippen molar-refractivity contribution in [1.82, 2.24) is 10.2 Å². The second-order valence-electron chi connectivity index (χ2n) is 10.4. The highest BCUT2D eigenvalue weighted by molar-refractivity contribution is 5.94. The van der Waals surface area contributed by atoms with Crippen LogP contribution in [-0.2, 0) is 27.4 Å². The molecular weight excluding hydrogens is 492 g/mol. The summed E-state index contributed by atoms with van der Waals surface area (Å²) in [5.74, 6) is -0.0924. The number of likely N-dealkylation sites (tertiary alicyclic amines) is 1. The van der Waals surface area contributed by atoms with Crippen molar-refractivity contribution in [3.63, 3.8) is 0 Å². The normalized spacial score (nSPS) is 23.5. The van der Waals surface area contributed by atoms with E-state index < -0.39 is 6.29 Å². The number of aliphatic hydroxyl groups is 1. The number of amides is 1. The lowest BCUT2D eigenvalue weighted by molar-refractivity contribution is -0.253. The fourth-order valence-corrected chi connectivity index (χ4v) is 5.48. The van der Waals surface area contributed by atoms with Crippen LogP contribution < -0.4 is 5.32 Å². The van der Waals surface area contributed by atoms with E-state index in [1.807, 2.05) is 66.7 Å². The molecule has 7 heteroatoms. The molecule has 4 unspecified atom stereocenters. The molecule has 2 aliphatic rings. The van der Waals surface area contributed by atoms with Gasteiger partial charge in [-0.3, -0.25) is 9.69 Å². The molecule has 2 N–H and O–H groups in total. The SMILES string of the molecule is COCC1CCCN1CC1CC(c2ccc(CO)cc2)OC(c2ccc(CNC(=O)c3ccccc3)cc2)O1. The zero-order valence-electron chi connectivity index (χ0n) is 22.5. The van der Waals surface area contributed by atoms with Crippen molar-refractivity contribution in [2.75, 3.05) is 26.8 Å². The molecule has 39 heavy (non-hydrogen) atoms. The third kappa shape index (κ3) is 7.12. The smallest absolute Gasteiger partial charge is 0.251 e. The molecule has 7 nitrogen and oxygen atoms in total. The fraction of sp³-hybridized carbons (Fsp3) is 0.406. The van der Waals surface area contributed by atoms with E-state index in [-0.39, 0.29) is 24.7 Å². The molecule has 3 aromatic carbocycles. The average Bonchev–Trinajstić information content (AvgIpc) is 3.43. The Bertz CT molecular complexity index is 1190. The van der Waals surface area contributed by atoms with E-state index in [2.05, 4.69) is 10.2 Å². The van der Waals surface area contributed by atoms with E-state index in [1.165, 1.54) is 6.42 Å². The molecular formula is C32H38N2O5. The summed E-state index contributed by atoms with van der Waals surface area (Å²) in [6.07, 6.45) is 2.48. The van der Waals surface area contributed by atoms with E-state index >= 15 is 0 Å². The summed E-state index contributed by atoms with van der Waals surface area (Å²) in [5.41, 5.74) is 4.57. The molecule has 0 saturated carbocycles. The number of nitrogens with zero attached hydrogens (tertiary/aromatic N) is 1. The zero-order valence-corrected chi connectivity index (χ0v) is 22.5. The summed E-state index contributed by atoms with van der Waals surface area (Å²) in [5, 5.41) is 12.4. The van der Waals surface area contributed by atoms with Gasteiger partial charge in [-0.05, 0) is 48.2 Å². The van der Waals surface area contributed by atoms with Crippen molar-refractivity contribution in [2.45, 2.75) is 57.0 Å². The number of carbonyl (C=O) groups excluding carboxylic acids is 1. The number of ether oxygens (including phenoxy) is 3. The number of carbonyl (C=O) groups is 1. The minimum Gasteiger partial charge on any atom is -0.392 e. The number of nitrogens with one attached hydrogen (secondary N) is 1. The van der Waals surface area contributed by atoms with Gasteiger partial charge >= 0.3 is 0 Å². The van der Waals surface area contributed by atoms with Gasteiger partial charge in [-0.15, -0.1) is 0 Å². The zero-order chi connectivity index (χ0) is 27.0. The highest BCUT2D eigenvalue weighted by Gasteiger charge is 2.35. The molecule has 5 rings (SSSR count). The van der Waals surface area contributed by atoms with Crippen LogP contribution >= 0.6 is 0 Å². The Morgan fingerprint density at radius 2 is 1.69 bits per heavy atom. The minimum absolute atomic E-state index is 0.00793. The van der Waals surface area contributed by atoms with Crippen LogP contribution in [0, 0.1) is 0 Å². The van der Waals surface area contributed by atoms with Crippen LogP contribution in [0.1, 0.15) is 64.3 Å². The largest absolute Gasteiger partial charge is 0.392 e. The van der Waals surface area contributed by atoms with Crippen LogP contribution in [0.4, 0.5) is 0 Å². The van der Waals surface area contributed by atoms with Gasteiger partial charge in [0.1, 0.15) is 0 Å². The number of methoxy groups -OCH3 is 1. The summed E-state index contributed by atoms with van der Waals surface area (Å²) in [6.45, 7) is 3.09. The van der Waals surface area contributed by atoms with Crippen molar-refractivity contribution in [2.24, 2.45) is 0 Å². The minimum atomic E-state index is -0.497. The third-order valence-electron chi connectivity index (χ3n) is 7.65. The summed E-state index contributed by atoms with van der Waals surface area (Å²) in [4.78, 5) is 14.9. The standard InChI is InChI=1S/C32H38N2O5/c1-37-22-28-8-5-17-34(28)20-29-18-30(25-13-11-24(21-35)12-14-25)39-32(38-29)27-15-9-23(10-16-27)19-33-31(36)26-6-3-2-4-7-26/h2-4,6-7,9-16,28-30,32,35H,5,8,17-22H2,1H3,(H,33,36). The monoisotopic (exact) mass is 530 g/mol. The topological polar surface area (TPSA) is 80.3 Å². The molecule has 0 bridgehead atoms. The fourth-order valence-electron chi connectivity index (χ4n) is 5.48. The Balaban J connectivity index is 1.28. The number of benzene rings is 3. The molecule has 2 aliphatic heterocycles. The van der Waals surface area contributed by atoms with Crippen molar-refractivity contribution < 1.29 is 24.1 Å². The van der Waals surface area contributed by atoms with Gasteiger partial charge < -0.3 is 24.6 Å². The highest BCUT2D eigenvalue weighted by Crippen LogP contribution is 2.38. The van der Waals surface area contributed by atoms with Crippen molar-refractivity contribution in [3.8, 4) is 0 Å². The predicted octanol–water partition coefficient (Wildman–Crippen LogP) is 4.77. The number of hydrogen-bond acceptors (Lipinski definition) is 6. The second-order valence-corrected chi connectivity index (χ2v) is 10.4. The maximum atomic E-state index is 12.4. The first-order valence-corrected chi connectivity index (χ1v) is 13.8. The number of hydrogen-bond donors (Lipinski definition) is 2. The van der Waals surface area contributed by atoms with Crippen LogP contribution in [0.25, 0.3) is 0 Å². The molecule has 2 heterocycles. The molecule has 206 valence electrons. The summed E-state index contributed by atoms with van der Waals surface area (Å²) in [7, 11) is 1.76. The maximum Gasteiger partial charge on any atom is 0.251 e. The van der Waals surface area contributed by atoms with E-state index in [9.17, 15) is 9.90 Å². The Kier molecular flexibility index (Phi) is 9.40. The van der Waals surface area contributed by atoms with Gasteiger partial charge in [0, 0.05) is 43.8 Å². The molecule has 0 radical (unpaired) electrons. The summed E-state index contributed by atoms with van der Waals surface area (Å²) < 4.78 is 18.5. The van der Waals surface area contributed by atoms with Crippen LogP contribution in [0.15, 0.2) is 78.9 Å². The Morgan fingerprint density at radius 1 is 0.974 bits per heavy atom. The van der Waals surface area contributed by atoms with E-state index in [0.717, 1.165) is 54.8 Å². The first-order valence-electron chi connectivity index (χ1n) is 13.8. The molecule has 1 amide bonds. The molecule has 2 saturated heterocycles. The molecule has 0 spiro atoms. The average molecular weight is 531 g/mol. The Labute approximate surface area is 230 Å².